The molecule has 1 rings (SSSR count). The Morgan fingerprint density at radius 1 is 1.35 bits per heavy atom. The molecule has 0 aliphatic heterocycles. The Bertz CT molecular complexity index is 472. The second kappa shape index (κ2) is 7.09. The molecule has 0 spiro atoms. The summed E-state index contributed by atoms with van der Waals surface area (Å²) in [5.41, 5.74) is 6.46. The van der Waals surface area contributed by atoms with Crippen LogP contribution in [0.3, 0.4) is 0 Å². The Kier molecular flexibility index (Phi) is 5.76. The molecule has 1 unspecified atom stereocenters. The minimum absolute atomic E-state index is 0.0478. The molecule has 0 aromatic heterocycles. The van der Waals surface area contributed by atoms with Gasteiger partial charge in [0.1, 0.15) is 0 Å². The van der Waals surface area contributed by atoms with E-state index in [4.69, 9.17) is 15.2 Å². The van der Waals surface area contributed by atoms with Gasteiger partial charge in [0.2, 0.25) is 5.75 Å². The van der Waals surface area contributed by atoms with Gasteiger partial charge in [-0.05, 0) is 45.2 Å². The van der Waals surface area contributed by atoms with Crippen LogP contribution in [0, 0.1) is 10.1 Å². The van der Waals surface area contributed by atoms with Crippen molar-refractivity contribution < 1.29 is 14.4 Å². The maximum Gasteiger partial charge on any atom is 0.315 e. The summed E-state index contributed by atoms with van der Waals surface area (Å²) in [6, 6.07) is 3.35. The van der Waals surface area contributed by atoms with Crippen LogP contribution in [0.2, 0.25) is 0 Å². The molecule has 6 nitrogen and oxygen atoms in total. The Morgan fingerprint density at radius 2 is 2.00 bits per heavy atom. The highest BCUT2D eigenvalue weighted by Crippen LogP contribution is 2.39. The number of rotatable bonds is 7. The molecule has 0 saturated carbocycles. The topological polar surface area (TPSA) is 87.6 Å². The molecule has 0 aliphatic carbocycles. The van der Waals surface area contributed by atoms with Gasteiger partial charge < -0.3 is 15.2 Å². The molecular weight excluding hydrogens is 260 g/mol. The number of methoxy groups -OCH3 is 1. The molecule has 112 valence electrons. The fourth-order valence-electron chi connectivity index (χ4n) is 1.82. The van der Waals surface area contributed by atoms with Gasteiger partial charge in [-0.1, -0.05) is 0 Å². The van der Waals surface area contributed by atoms with Crippen LogP contribution >= 0.6 is 0 Å². The van der Waals surface area contributed by atoms with E-state index in [-0.39, 0.29) is 23.6 Å². The second-order valence-corrected chi connectivity index (χ2v) is 5.09. The summed E-state index contributed by atoms with van der Waals surface area (Å²) in [4.78, 5) is 10.8. The van der Waals surface area contributed by atoms with Crippen molar-refractivity contribution in [3.63, 3.8) is 0 Å². The van der Waals surface area contributed by atoms with Gasteiger partial charge in [0.15, 0.2) is 5.75 Å². The van der Waals surface area contributed by atoms with Gasteiger partial charge in [-0.2, -0.15) is 0 Å². The molecule has 0 radical (unpaired) electrons. The average Bonchev–Trinajstić information content (AvgIpc) is 2.36. The van der Waals surface area contributed by atoms with E-state index in [1.165, 1.54) is 13.2 Å². The van der Waals surface area contributed by atoms with Crippen LogP contribution in [-0.4, -0.2) is 24.2 Å². The lowest BCUT2D eigenvalue weighted by atomic mass is 10.0. The number of nitro groups is 1. The molecule has 2 N–H and O–H groups in total. The predicted octanol–water partition coefficient (Wildman–Crippen LogP) is 2.67. The number of benzene rings is 1. The number of hydrogen-bond donors (Lipinski definition) is 1. The summed E-state index contributed by atoms with van der Waals surface area (Å²) in [5.74, 6) is 0.560. The van der Waals surface area contributed by atoms with Crippen LogP contribution in [0.15, 0.2) is 12.1 Å². The largest absolute Gasteiger partial charge is 0.493 e. The molecule has 0 bridgehead atoms. The van der Waals surface area contributed by atoms with Crippen LogP contribution in [0.4, 0.5) is 5.69 Å². The van der Waals surface area contributed by atoms with Crippen molar-refractivity contribution in [2.75, 3.05) is 7.11 Å². The Hall–Kier alpha value is -1.82. The molecule has 0 amide bonds. The maximum absolute atomic E-state index is 11.2. The van der Waals surface area contributed by atoms with Crippen LogP contribution in [0.5, 0.6) is 11.5 Å². The second-order valence-electron chi connectivity index (χ2n) is 5.09. The van der Waals surface area contributed by atoms with Gasteiger partial charge in [0.05, 0.1) is 18.1 Å². The lowest BCUT2D eigenvalue weighted by Gasteiger charge is -2.15. The first kappa shape index (κ1) is 16.2. The Balaban J connectivity index is 3.20. The highest BCUT2D eigenvalue weighted by Gasteiger charge is 2.23. The van der Waals surface area contributed by atoms with Gasteiger partial charge in [-0.3, -0.25) is 10.1 Å². The maximum atomic E-state index is 11.2. The lowest BCUT2D eigenvalue weighted by Crippen LogP contribution is -2.15. The molecule has 1 aromatic carbocycles. The number of nitrogens with zero attached hydrogens (tertiary/aromatic N) is 1. The smallest absolute Gasteiger partial charge is 0.315 e. The van der Waals surface area contributed by atoms with Gasteiger partial charge in [-0.25, -0.2) is 0 Å². The monoisotopic (exact) mass is 282 g/mol. The summed E-state index contributed by atoms with van der Waals surface area (Å²) in [6.07, 6.45) is 1.25. The van der Waals surface area contributed by atoms with Crippen LogP contribution in [0.1, 0.15) is 32.8 Å². The molecule has 0 fully saturated rings. The molecule has 1 aromatic rings. The van der Waals surface area contributed by atoms with Gasteiger partial charge >= 0.3 is 5.69 Å². The molecule has 0 saturated heterocycles. The van der Waals surface area contributed by atoms with E-state index in [9.17, 15) is 10.1 Å². The number of hydrogen-bond acceptors (Lipinski definition) is 5. The third-order valence-corrected chi connectivity index (χ3v) is 2.75. The summed E-state index contributed by atoms with van der Waals surface area (Å²) in [5, 5.41) is 11.2. The van der Waals surface area contributed by atoms with Gasteiger partial charge in [0, 0.05) is 12.1 Å². The first-order chi connectivity index (χ1) is 9.35. The zero-order chi connectivity index (χ0) is 15.3. The number of nitrogens with two attached hydrogens (primary N) is 1. The SMILES string of the molecule is COc1cc(CCC(C)N)cc([N+](=O)[O-])c1OC(C)C. The van der Waals surface area contributed by atoms with Crippen LogP contribution in [-0.2, 0) is 6.42 Å². The van der Waals surface area contributed by atoms with Crippen LogP contribution in [0.25, 0.3) is 0 Å². The molecule has 0 heterocycles. The summed E-state index contributed by atoms with van der Waals surface area (Å²) >= 11 is 0. The fraction of sp³-hybridized carbons (Fsp3) is 0.571. The van der Waals surface area contributed by atoms with Crippen molar-refractivity contribution in [1.29, 1.82) is 0 Å². The molecule has 1 atom stereocenters. The van der Waals surface area contributed by atoms with E-state index < -0.39 is 4.92 Å². The average molecular weight is 282 g/mol. The third-order valence-electron chi connectivity index (χ3n) is 2.75. The van der Waals surface area contributed by atoms with E-state index >= 15 is 0 Å². The molecule has 20 heavy (non-hydrogen) atoms. The fourth-order valence-corrected chi connectivity index (χ4v) is 1.82. The lowest BCUT2D eigenvalue weighted by molar-refractivity contribution is -0.386. The van der Waals surface area contributed by atoms with Crippen molar-refractivity contribution in [2.45, 2.75) is 45.8 Å². The van der Waals surface area contributed by atoms with Gasteiger partial charge in [0.25, 0.3) is 0 Å². The van der Waals surface area contributed by atoms with Crippen molar-refractivity contribution in [1.82, 2.24) is 0 Å². The minimum Gasteiger partial charge on any atom is -0.493 e. The first-order valence-corrected chi connectivity index (χ1v) is 6.62. The molecule has 6 heteroatoms. The highest BCUT2D eigenvalue weighted by atomic mass is 16.6. The van der Waals surface area contributed by atoms with E-state index in [2.05, 4.69) is 0 Å². The molecular formula is C14H22N2O4. The Morgan fingerprint density at radius 3 is 2.45 bits per heavy atom. The summed E-state index contributed by atoms with van der Waals surface area (Å²) in [6.45, 7) is 5.53. The van der Waals surface area contributed by atoms with Crippen molar-refractivity contribution in [3.8, 4) is 11.5 Å². The van der Waals surface area contributed by atoms with Crippen LogP contribution < -0.4 is 15.2 Å². The first-order valence-electron chi connectivity index (χ1n) is 6.62. The minimum atomic E-state index is -0.449. The number of ether oxygens (including phenoxy) is 2. The number of aryl methyl sites for hydroxylation is 1. The Labute approximate surface area is 119 Å². The zero-order valence-electron chi connectivity index (χ0n) is 12.4. The summed E-state index contributed by atoms with van der Waals surface area (Å²) < 4.78 is 10.7. The highest BCUT2D eigenvalue weighted by molar-refractivity contribution is 5.58. The number of nitro benzene ring substituents is 1. The van der Waals surface area contributed by atoms with Crippen molar-refractivity contribution in [3.05, 3.63) is 27.8 Å². The standard InChI is InChI=1S/C14H22N2O4/c1-9(2)20-14-12(16(17)18)7-11(6-5-10(3)15)8-13(14)19-4/h7-10H,5-6,15H2,1-4H3. The van der Waals surface area contributed by atoms with Gasteiger partial charge in [-0.15, -0.1) is 0 Å². The molecule has 0 aliphatic rings. The van der Waals surface area contributed by atoms with E-state index in [1.807, 2.05) is 20.8 Å². The predicted molar refractivity (Wildman–Crippen MR) is 77.4 cm³/mol. The van der Waals surface area contributed by atoms with Crippen molar-refractivity contribution >= 4 is 5.69 Å². The quantitative estimate of drug-likeness (QED) is 0.613. The zero-order valence-corrected chi connectivity index (χ0v) is 12.4. The van der Waals surface area contributed by atoms with Crippen molar-refractivity contribution in [2.24, 2.45) is 5.73 Å². The van der Waals surface area contributed by atoms with E-state index in [0.717, 1.165) is 12.0 Å². The normalized spacial score (nSPS) is 12.3. The third kappa shape index (κ3) is 4.38. The summed E-state index contributed by atoms with van der Waals surface area (Å²) in [7, 11) is 1.47. The van der Waals surface area contributed by atoms with E-state index in [0.29, 0.717) is 12.2 Å². The van der Waals surface area contributed by atoms with E-state index in [1.54, 1.807) is 6.07 Å².